The third-order valence-corrected chi connectivity index (χ3v) is 5.74. The van der Waals surface area contributed by atoms with Gasteiger partial charge in [-0.25, -0.2) is 4.57 Å². The fourth-order valence-electron chi connectivity index (χ4n) is 3.86. The molecule has 1 aliphatic heterocycles. The minimum atomic E-state index is -0.423. The van der Waals surface area contributed by atoms with Crippen LogP contribution < -0.4 is 26.1 Å². The summed E-state index contributed by atoms with van der Waals surface area (Å²) in [5.41, 5.74) is 6.03. The normalized spacial score (nSPS) is 18.0. The summed E-state index contributed by atoms with van der Waals surface area (Å²) in [7, 11) is 0. The van der Waals surface area contributed by atoms with E-state index in [0.29, 0.717) is 11.4 Å². The van der Waals surface area contributed by atoms with E-state index in [1.807, 2.05) is 32.3 Å². The van der Waals surface area contributed by atoms with Gasteiger partial charge >= 0.3 is 0 Å². The number of fused-ring (bicyclic) bond motifs is 1. The van der Waals surface area contributed by atoms with E-state index >= 15 is 0 Å². The molecule has 0 bridgehead atoms. The van der Waals surface area contributed by atoms with Crippen LogP contribution in [0.5, 0.6) is 0 Å². The van der Waals surface area contributed by atoms with E-state index in [-0.39, 0.29) is 29.6 Å². The second kappa shape index (κ2) is 9.73. The van der Waals surface area contributed by atoms with E-state index in [0.717, 1.165) is 13.0 Å². The molecule has 162 valence electrons. The molecule has 0 radical (unpaired) electrons. The van der Waals surface area contributed by atoms with Gasteiger partial charge < -0.3 is 11.1 Å². The second-order valence-electron chi connectivity index (χ2n) is 8.10. The number of nitrogens with zero attached hydrogens (tertiary/aromatic N) is 3. The highest BCUT2D eigenvalue weighted by Gasteiger charge is 2.37. The molecular formula is C22H33N6O2+. The van der Waals surface area contributed by atoms with Crippen molar-refractivity contribution in [2.45, 2.75) is 77.9 Å². The summed E-state index contributed by atoms with van der Waals surface area (Å²) >= 11 is 0. The van der Waals surface area contributed by atoms with Crippen LogP contribution in [0.3, 0.4) is 0 Å². The van der Waals surface area contributed by atoms with Crippen LogP contribution in [0.25, 0.3) is 0 Å². The number of H-pyrrole nitrogens is 1. The zero-order valence-corrected chi connectivity index (χ0v) is 18.1. The third-order valence-electron chi connectivity index (χ3n) is 5.74. The van der Waals surface area contributed by atoms with Crippen molar-refractivity contribution in [2.75, 3.05) is 16.0 Å². The topological polar surface area (TPSA) is 108 Å². The number of carbonyl (C=O) groups is 1. The highest BCUT2D eigenvalue weighted by atomic mass is 16.2. The first kappa shape index (κ1) is 21.8. The summed E-state index contributed by atoms with van der Waals surface area (Å²) < 4.78 is 2.05. The summed E-state index contributed by atoms with van der Waals surface area (Å²) in [4.78, 5) is 34.2. The van der Waals surface area contributed by atoms with Crippen LogP contribution in [0.15, 0.2) is 29.3 Å². The first-order chi connectivity index (χ1) is 14.4. The minimum absolute atomic E-state index is 0.0249. The molecule has 1 amide bonds. The average Bonchev–Trinajstić information content (AvgIpc) is 2.71. The molecule has 8 heteroatoms. The zero-order valence-electron chi connectivity index (χ0n) is 18.1. The maximum Gasteiger partial charge on any atom is 0.278 e. The number of aromatic nitrogens is 3. The number of nitrogens with one attached hydrogen (secondary N) is 2. The lowest BCUT2D eigenvalue weighted by Crippen LogP contribution is -2.53. The fraction of sp³-hybridized carbons (Fsp3) is 0.545. The number of nitrogen functional groups attached to an aromatic ring is 1. The first-order valence-electron chi connectivity index (χ1n) is 10.9. The molecule has 0 unspecified atom stereocenters. The zero-order chi connectivity index (χ0) is 21.7. The maximum atomic E-state index is 13.4. The summed E-state index contributed by atoms with van der Waals surface area (Å²) in [6.07, 6.45) is 11.2. The molecule has 0 spiro atoms. The molecule has 8 nitrogen and oxygen atoms in total. The SMILES string of the molecule is CCCCCCCC[n+]1cccc(C(=O)N2c3c(nc(N)[nH]c3=O)N[C@@H](C)[C@H]2C)c1. The van der Waals surface area contributed by atoms with Gasteiger partial charge in [0.15, 0.2) is 23.9 Å². The predicted octanol–water partition coefficient (Wildman–Crippen LogP) is 2.85. The molecule has 0 fully saturated rings. The van der Waals surface area contributed by atoms with Gasteiger partial charge in [0.2, 0.25) is 5.95 Å². The summed E-state index contributed by atoms with van der Waals surface area (Å²) in [6, 6.07) is 3.38. The summed E-state index contributed by atoms with van der Waals surface area (Å²) in [5.74, 6) is 0.148. The average molecular weight is 414 g/mol. The summed E-state index contributed by atoms with van der Waals surface area (Å²) in [6.45, 7) is 6.96. The van der Waals surface area contributed by atoms with Crippen molar-refractivity contribution in [2.24, 2.45) is 0 Å². The number of hydrogen-bond donors (Lipinski definition) is 3. The van der Waals surface area contributed by atoms with Crippen molar-refractivity contribution in [1.82, 2.24) is 9.97 Å². The van der Waals surface area contributed by atoms with Crippen LogP contribution >= 0.6 is 0 Å². The van der Waals surface area contributed by atoms with Gasteiger partial charge in [0.1, 0.15) is 12.1 Å². The first-order valence-corrected chi connectivity index (χ1v) is 10.9. The van der Waals surface area contributed by atoms with Crippen molar-refractivity contribution < 1.29 is 9.36 Å². The minimum Gasteiger partial charge on any atom is -0.369 e. The monoisotopic (exact) mass is 413 g/mol. The van der Waals surface area contributed by atoms with Gasteiger partial charge in [0, 0.05) is 18.5 Å². The number of unbranched alkanes of at least 4 members (excludes halogenated alkanes) is 5. The molecule has 0 saturated heterocycles. The standard InChI is InChI=1S/C22H32N6O2/c1-4-5-6-7-8-9-12-27-13-10-11-17(14-27)21(30)28-16(3)15(2)24-19-18(28)20(29)26-22(23)25-19/h10-11,13-16H,4-9,12H2,1-3H3,(H3-,23,24,25,26,29)/p+1/t15-,16+/m0/s1. The Morgan fingerprint density at radius 2 is 1.97 bits per heavy atom. The molecule has 2 atom stereocenters. The van der Waals surface area contributed by atoms with Gasteiger partial charge in [0.25, 0.3) is 11.5 Å². The largest absolute Gasteiger partial charge is 0.369 e. The number of carbonyl (C=O) groups excluding carboxylic acids is 1. The Morgan fingerprint density at radius 1 is 1.23 bits per heavy atom. The summed E-state index contributed by atoms with van der Waals surface area (Å²) in [5, 5.41) is 3.18. The maximum absolute atomic E-state index is 13.4. The van der Waals surface area contributed by atoms with Crippen LogP contribution in [-0.2, 0) is 6.54 Å². The Hall–Kier alpha value is -2.90. The van der Waals surface area contributed by atoms with E-state index in [2.05, 4.69) is 26.8 Å². The fourth-order valence-corrected chi connectivity index (χ4v) is 3.86. The van der Waals surface area contributed by atoms with Crippen LogP contribution in [0.4, 0.5) is 17.5 Å². The molecular weight excluding hydrogens is 380 g/mol. The van der Waals surface area contributed by atoms with Gasteiger partial charge in [-0.2, -0.15) is 4.98 Å². The number of hydrogen-bond acceptors (Lipinski definition) is 5. The Morgan fingerprint density at radius 3 is 2.73 bits per heavy atom. The van der Waals surface area contributed by atoms with Gasteiger partial charge in [0.05, 0.1) is 6.04 Å². The molecule has 1 aliphatic rings. The van der Waals surface area contributed by atoms with Crippen molar-refractivity contribution in [3.63, 3.8) is 0 Å². The molecule has 30 heavy (non-hydrogen) atoms. The van der Waals surface area contributed by atoms with Crippen molar-refractivity contribution in [3.05, 3.63) is 40.4 Å². The lowest BCUT2D eigenvalue weighted by Gasteiger charge is -2.38. The van der Waals surface area contributed by atoms with Crippen LogP contribution in [0.2, 0.25) is 0 Å². The van der Waals surface area contributed by atoms with Crippen molar-refractivity contribution in [1.29, 1.82) is 0 Å². The van der Waals surface area contributed by atoms with E-state index in [9.17, 15) is 9.59 Å². The molecule has 3 rings (SSSR count). The van der Waals surface area contributed by atoms with Crippen molar-refractivity contribution >= 4 is 23.4 Å². The van der Waals surface area contributed by atoms with Gasteiger partial charge in [-0.15, -0.1) is 0 Å². The van der Waals surface area contributed by atoms with E-state index in [1.165, 1.54) is 37.0 Å². The highest BCUT2D eigenvalue weighted by Crippen LogP contribution is 2.30. The number of pyridine rings is 1. The second-order valence-corrected chi connectivity index (χ2v) is 8.10. The number of aromatic amines is 1. The Bertz CT molecular complexity index is 941. The van der Waals surface area contributed by atoms with Crippen LogP contribution in [-0.4, -0.2) is 28.0 Å². The van der Waals surface area contributed by atoms with Gasteiger partial charge in [-0.1, -0.05) is 32.6 Å². The molecule has 2 aromatic heterocycles. The van der Waals surface area contributed by atoms with Crippen LogP contribution in [0, 0.1) is 0 Å². The number of rotatable bonds is 8. The molecule has 0 aliphatic carbocycles. The Labute approximate surface area is 177 Å². The lowest BCUT2D eigenvalue weighted by atomic mass is 10.0. The quantitative estimate of drug-likeness (QED) is 0.456. The van der Waals surface area contributed by atoms with E-state index in [1.54, 1.807) is 6.07 Å². The number of amides is 1. The third kappa shape index (κ3) is 4.80. The van der Waals surface area contributed by atoms with E-state index < -0.39 is 5.56 Å². The highest BCUT2D eigenvalue weighted by molar-refractivity contribution is 6.08. The molecule has 3 heterocycles. The smallest absolute Gasteiger partial charge is 0.278 e. The van der Waals surface area contributed by atoms with Crippen LogP contribution in [0.1, 0.15) is 69.7 Å². The number of nitrogens with two attached hydrogens (primary N) is 1. The molecule has 0 saturated carbocycles. The van der Waals surface area contributed by atoms with Gasteiger partial charge in [-0.3, -0.25) is 19.5 Å². The molecule has 0 aromatic carbocycles. The Kier molecular flexibility index (Phi) is 7.07. The van der Waals surface area contributed by atoms with E-state index in [4.69, 9.17) is 5.73 Å². The van der Waals surface area contributed by atoms with Crippen molar-refractivity contribution in [3.8, 4) is 0 Å². The molecule has 4 N–H and O–H groups in total. The Balaban J connectivity index is 1.79. The number of aryl methyl sites for hydroxylation is 1. The lowest BCUT2D eigenvalue weighted by molar-refractivity contribution is -0.697. The predicted molar refractivity (Wildman–Crippen MR) is 119 cm³/mol. The molecule has 2 aromatic rings. The van der Waals surface area contributed by atoms with Gasteiger partial charge in [-0.05, 0) is 26.3 Å². The number of anilines is 3.